The molecule has 204 valence electrons. The van der Waals surface area contributed by atoms with Crippen molar-refractivity contribution in [3.63, 3.8) is 0 Å². The lowest BCUT2D eigenvalue weighted by atomic mass is 10.1. The zero-order valence-electron chi connectivity index (χ0n) is 21.0. The van der Waals surface area contributed by atoms with E-state index < -0.39 is 42.4 Å². The fraction of sp³-hybridized carbons (Fsp3) is 0.458. The molecule has 0 spiro atoms. The second-order valence-corrected chi connectivity index (χ2v) is 9.89. The van der Waals surface area contributed by atoms with Crippen molar-refractivity contribution in [2.75, 3.05) is 34.8 Å². The van der Waals surface area contributed by atoms with Crippen LogP contribution >= 0.6 is 0 Å². The standard InChI is InChI=1S/C24H28F3N7O4/c1-23(2,3)38-22(37)29-12-17(24(25,26)27)31-20(35)15-7-8-16-19(30-15)34(14-9-11-33(16)13-14)21(36)32-18-6-4-5-10-28-18/h4-8,10,14,17H,9,11-13H2,1-3H3,(H,29,37)(H,31,35)(H,28,32,36)/t14-,17?/m0/s1. The number of urea groups is 1. The second-order valence-electron chi connectivity index (χ2n) is 9.89. The summed E-state index contributed by atoms with van der Waals surface area (Å²) >= 11 is 0. The summed E-state index contributed by atoms with van der Waals surface area (Å²) in [7, 11) is 0. The molecule has 4 rings (SSSR count). The number of halogens is 3. The van der Waals surface area contributed by atoms with Gasteiger partial charge in [0.15, 0.2) is 5.82 Å². The molecule has 0 aromatic carbocycles. The second kappa shape index (κ2) is 10.3. The van der Waals surface area contributed by atoms with E-state index in [0.29, 0.717) is 31.0 Å². The van der Waals surface area contributed by atoms with Gasteiger partial charge in [0.25, 0.3) is 5.91 Å². The maximum atomic E-state index is 13.6. The highest BCUT2D eigenvalue weighted by molar-refractivity contribution is 6.05. The minimum atomic E-state index is -4.86. The largest absolute Gasteiger partial charge is 0.444 e. The van der Waals surface area contributed by atoms with Gasteiger partial charge in [-0.1, -0.05) is 6.07 Å². The molecule has 3 N–H and O–H groups in total. The molecule has 4 amide bonds. The number of fused-ring (bicyclic) bond motifs is 4. The lowest BCUT2D eigenvalue weighted by Crippen LogP contribution is -2.53. The Balaban J connectivity index is 1.53. The molecule has 0 radical (unpaired) electrons. The number of ether oxygens (including phenoxy) is 1. The molecule has 14 heteroatoms. The summed E-state index contributed by atoms with van der Waals surface area (Å²) in [5.41, 5.74) is -0.628. The Morgan fingerprint density at radius 1 is 1.16 bits per heavy atom. The van der Waals surface area contributed by atoms with E-state index >= 15 is 0 Å². The van der Waals surface area contributed by atoms with Crippen LogP contribution in [0.3, 0.4) is 0 Å². The van der Waals surface area contributed by atoms with Gasteiger partial charge in [0.05, 0.1) is 18.3 Å². The lowest BCUT2D eigenvalue weighted by Gasteiger charge is -2.35. The molecular formula is C24H28F3N7O4. The van der Waals surface area contributed by atoms with Crippen LogP contribution in [0.1, 0.15) is 37.7 Å². The monoisotopic (exact) mass is 535 g/mol. The number of carbonyl (C=O) groups is 3. The van der Waals surface area contributed by atoms with Crippen LogP contribution in [0, 0.1) is 0 Å². The Hall–Kier alpha value is -4.10. The molecule has 1 saturated heterocycles. The molecule has 0 aliphatic carbocycles. The molecule has 1 fully saturated rings. The van der Waals surface area contributed by atoms with Gasteiger partial charge >= 0.3 is 18.3 Å². The van der Waals surface area contributed by atoms with E-state index in [2.05, 4.69) is 15.3 Å². The molecular weight excluding hydrogens is 507 g/mol. The molecule has 2 aliphatic heterocycles. The van der Waals surface area contributed by atoms with Crippen molar-refractivity contribution in [3.8, 4) is 0 Å². The van der Waals surface area contributed by atoms with Crippen molar-refractivity contribution in [3.05, 3.63) is 42.2 Å². The van der Waals surface area contributed by atoms with E-state index in [0.717, 1.165) is 0 Å². The summed E-state index contributed by atoms with van der Waals surface area (Å²) < 4.78 is 45.9. The Morgan fingerprint density at radius 2 is 1.92 bits per heavy atom. The molecule has 4 heterocycles. The minimum Gasteiger partial charge on any atom is -0.444 e. The number of alkyl halides is 3. The molecule has 2 aromatic heterocycles. The van der Waals surface area contributed by atoms with E-state index in [1.165, 1.54) is 17.2 Å². The predicted octanol–water partition coefficient (Wildman–Crippen LogP) is 3.29. The summed E-state index contributed by atoms with van der Waals surface area (Å²) in [5.74, 6) is -0.631. The van der Waals surface area contributed by atoms with Crippen molar-refractivity contribution in [2.24, 2.45) is 0 Å². The van der Waals surface area contributed by atoms with Gasteiger partial charge in [0.2, 0.25) is 0 Å². The van der Waals surface area contributed by atoms with Crippen molar-refractivity contribution in [1.29, 1.82) is 0 Å². The van der Waals surface area contributed by atoms with Crippen LogP contribution < -0.4 is 25.8 Å². The van der Waals surface area contributed by atoms with E-state index in [-0.39, 0.29) is 17.6 Å². The maximum absolute atomic E-state index is 13.6. The molecule has 1 unspecified atom stereocenters. The third-order valence-corrected chi connectivity index (χ3v) is 5.85. The van der Waals surface area contributed by atoms with Crippen molar-refractivity contribution in [1.82, 2.24) is 20.6 Å². The first-order valence-electron chi connectivity index (χ1n) is 11.9. The first-order valence-corrected chi connectivity index (χ1v) is 11.9. The summed E-state index contributed by atoms with van der Waals surface area (Å²) in [6, 6.07) is 4.73. The molecule has 2 aliphatic rings. The van der Waals surface area contributed by atoms with Crippen LogP contribution in [0.4, 0.5) is 40.1 Å². The van der Waals surface area contributed by atoms with Gasteiger partial charge < -0.3 is 20.3 Å². The first kappa shape index (κ1) is 26.9. The molecule has 2 aromatic rings. The van der Waals surface area contributed by atoms with Gasteiger partial charge in [0, 0.05) is 19.3 Å². The summed E-state index contributed by atoms with van der Waals surface area (Å²) in [6.07, 6.45) is -3.74. The van der Waals surface area contributed by atoms with Gasteiger partial charge in [-0.25, -0.2) is 19.6 Å². The average Bonchev–Trinajstić information content (AvgIpc) is 3.24. The maximum Gasteiger partial charge on any atom is 0.410 e. The molecule has 2 atom stereocenters. The number of hydrogen-bond acceptors (Lipinski definition) is 7. The number of nitrogens with one attached hydrogen (secondary N) is 3. The van der Waals surface area contributed by atoms with Crippen molar-refractivity contribution in [2.45, 2.75) is 51.1 Å². The van der Waals surface area contributed by atoms with Gasteiger partial charge in [-0.15, -0.1) is 0 Å². The number of nitrogens with zero attached hydrogens (tertiary/aromatic N) is 4. The van der Waals surface area contributed by atoms with Crippen LogP contribution in [0.25, 0.3) is 0 Å². The number of pyridine rings is 2. The normalized spacial score (nSPS) is 17.4. The fourth-order valence-electron chi connectivity index (χ4n) is 4.18. The Labute approximate surface area is 216 Å². The number of hydrogen-bond donors (Lipinski definition) is 3. The Kier molecular flexibility index (Phi) is 7.33. The van der Waals surface area contributed by atoms with Gasteiger partial charge in [-0.3, -0.25) is 15.0 Å². The van der Waals surface area contributed by atoms with Gasteiger partial charge in [-0.2, -0.15) is 13.2 Å². The number of rotatable bonds is 5. The molecule has 0 saturated carbocycles. The fourth-order valence-corrected chi connectivity index (χ4v) is 4.18. The third kappa shape index (κ3) is 6.23. The lowest BCUT2D eigenvalue weighted by molar-refractivity contribution is -0.152. The molecule has 38 heavy (non-hydrogen) atoms. The van der Waals surface area contributed by atoms with Gasteiger partial charge in [0.1, 0.15) is 23.2 Å². The number of aromatic nitrogens is 2. The Bertz CT molecular complexity index is 1200. The molecule has 11 nitrogen and oxygen atoms in total. The highest BCUT2D eigenvalue weighted by Crippen LogP contribution is 2.39. The number of amides is 4. The van der Waals surface area contributed by atoms with Crippen LogP contribution in [0.2, 0.25) is 0 Å². The first-order chi connectivity index (χ1) is 17.8. The number of anilines is 3. The summed E-state index contributed by atoms with van der Waals surface area (Å²) in [6.45, 7) is 4.98. The van der Waals surface area contributed by atoms with Crippen LogP contribution in [0.15, 0.2) is 36.5 Å². The topological polar surface area (TPSA) is 129 Å². The van der Waals surface area contributed by atoms with Crippen LogP contribution in [-0.4, -0.2) is 71.5 Å². The van der Waals surface area contributed by atoms with E-state index in [1.807, 2.05) is 15.5 Å². The smallest absolute Gasteiger partial charge is 0.410 e. The SMILES string of the molecule is CC(C)(C)OC(=O)NCC(NC(=O)c1ccc2c(n1)N(C(=O)Nc1ccccn1)[C@H]1CCN2C1)C(F)(F)F. The van der Waals surface area contributed by atoms with Crippen LogP contribution in [-0.2, 0) is 4.74 Å². The zero-order valence-corrected chi connectivity index (χ0v) is 21.0. The van der Waals surface area contributed by atoms with E-state index in [4.69, 9.17) is 4.74 Å². The highest BCUT2D eigenvalue weighted by Gasteiger charge is 2.43. The van der Waals surface area contributed by atoms with E-state index in [9.17, 15) is 27.6 Å². The predicted molar refractivity (Wildman–Crippen MR) is 132 cm³/mol. The average molecular weight is 536 g/mol. The van der Waals surface area contributed by atoms with Crippen molar-refractivity contribution < 1.29 is 32.3 Å². The Morgan fingerprint density at radius 3 is 2.58 bits per heavy atom. The van der Waals surface area contributed by atoms with Gasteiger partial charge in [-0.05, 0) is 51.5 Å². The quantitative estimate of drug-likeness (QED) is 0.536. The van der Waals surface area contributed by atoms with Crippen LogP contribution in [0.5, 0.6) is 0 Å². The number of carbonyl (C=O) groups excluding carboxylic acids is 3. The minimum absolute atomic E-state index is 0.162. The molecule has 2 bridgehead atoms. The number of alkyl carbamates (subject to hydrolysis) is 1. The summed E-state index contributed by atoms with van der Waals surface area (Å²) in [4.78, 5) is 49.6. The van der Waals surface area contributed by atoms with E-state index in [1.54, 1.807) is 45.0 Å². The van der Waals surface area contributed by atoms with Crippen molar-refractivity contribution >= 4 is 35.4 Å². The third-order valence-electron chi connectivity index (χ3n) is 5.85. The summed E-state index contributed by atoms with van der Waals surface area (Å²) in [5, 5.41) is 6.60. The zero-order chi connectivity index (χ0) is 27.7. The highest BCUT2D eigenvalue weighted by atomic mass is 19.4.